The number of halogens is 1. The second-order valence-corrected chi connectivity index (χ2v) is 23.5. The van der Waals surface area contributed by atoms with E-state index >= 15 is 0 Å². The maximum Gasteiger partial charge on any atom is 0.246 e. The van der Waals surface area contributed by atoms with Crippen LogP contribution in [0.1, 0.15) is 57.7 Å². The third-order valence-corrected chi connectivity index (χ3v) is 15.2. The Hall–Kier alpha value is -6.07. The van der Waals surface area contributed by atoms with Crippen molar-refractivity contribution in [3.63, 3.8) is 0 Å². The van der Waals surface area contributed by atoms with Crippen LogP contribution in [0.15, 0.2) is 78.4 Å². The minimum atomic E-state index is -2.59. The summed E-state index contributed by atoms with van der Waals surface area (Å²) in [6.45, 7) is 13.3. The fourth-order valence-corrected chi connectivity index (χ4v) is 10.7. The quantitative estimate of drug-likeness (QED) is 0.0599. The number of nitrogens with zero attached hydrogens (tertiary/aromatic N) is 6. The van der Waals surface area contributed by atoms with Crippen molar-refractivity contribution < 1.29 is 33.6 Å². The molecule has 2 aliphatic rings. The van der Waals surface area contributed by atoms with Crippen LogP contribution >= 0.6 is 30.1 Å². The van der Waals surface area contributed by atoms with Gasteiger partial charge in [-0.1, -0.05) is 68.8 Å². The van der Waals surface area contributed by atoms with Crippen molar-refractivity contribution in [2.24, 2.45) is 5.41 Å². The Balaban J connectivity index is 0.873. The summed E-state index contributed by atoms with van der Waals surface area (Å²) in [5.41, 5.74) is 6.16. The number of hydrogen-bond acceptors (Lipinski definition) is 14. The fourth-order valence-electron chi connectivity index (χ4n) is 8.58. The maximum absolute atomic E-state index is 14.1. The number of piperazine rings is 1. The lowest BCUT2D eigenvalue weighted by Crippen LogP contribution is -2.57. The molecule has 3 aromatic carbocycles. The van der Waals surface area contributed by atoms with Gasteiger partial charge in [0.25, 0.3) is 0 Å². The van der Waals surface area contributed by atoms with Crippen molar-refractivity contribution in [3.8, 4) is 16.2 Å². The van der Waals surface area contributed by atoms with Gasteiger partial charge >= 0.3 is 0 Å². The molecule has 5 aromatic rings. The molecule has 2 saturated heterocycles. The van der Waals surface area contributed by atoms with E-state index in [1.807, 2.05) is 99.9 Å². The highest BCUT2D eigenvalue weighted by Gasteiger charge is 2.44. The molecule has 2 fully saturated rings. The largest absolute Gasteiger partial charge is 0.494 e. The molecule has 2 aliphatic heterocycles. The van der Waals surface area contributed by atoms with Gasteiger partial charge in [-0.25, -0.2) is 9.97 Å². The van der Waals surface area contributed by atoms with Gasteiger partial charge in [-0.2, -0.15) is 4.98 Å². The average Bonchev–Trinajstić information content (AvgIpc) is 3.95. The molecule has 7 rings (SSSR count). The molecule has 372 valence electrons. The number of aliphatic hydroxyl groups excluding tert-OH is 1. The van der Waals surface area contributed by atoms with E-state index in [1.54, 1.807) is 36.7 Å². The maximum atomic E-state index is 14.1. The third kappa shape index (κ3) is 12.8. The molecule has 4 heterocycles. The van der Waals surface area contributed by atoms with Gasteiger partial charge in [0.2, 0.25) is 29.6 Å². The number of likely N-dealkylation sites (tertiary alicyclic amines) is 1. The zero-order chi connectivity index (χ0) is 50.3. The van der Waals surface area contributed by atoms with E-state index in [2.05, 4.69) is 41.1 Å². The molecule has 70 heavy (non-hydrogen) atoms. The topological polar surface area (TPSA) is 211 Å². The number of thiazole rings is 1. The molecule has 1 unspecified atom stereocenters. The van der Waals surface area contributed by atoms with E-state index < -0.39 is 36.7 Å². The van der Waals surface area contributed by atoms with E-state index in [0.717, 1.165) is 27.4 Å². The predicted molar refractivity (Wildman–Crippen MR) is 276 cm³/mol. The number of hydrogen-bond donors (Lipinski definition) is 5. The van der Waals surface area contributed by atoms with Crippen LogP contribution in [0.5, 0.6) is 5.75 Å². The number of benzene rings is 3. The highest BCUT2D eigenvalue weighted by molar-refractivity contribution is 7.70. The van der Waals surface area contributed by atoms with E-state index in [1.165, 1.54) is 11.1 Å². The number of aliphatic hydroxyl groups is 1. The van der Waals surface area contributed by atoms with Crippen molar-refractivity contribution in [1.82, 2.24) is 35.4 Å². The molecule has 0 aliphatic carbocycles. The van der Waals surface area contributed by atoms with Crippen LogP contribution < -0.4 is 36.2 Å². The van der Waals surface area contributed by atoms with Crippen LogP contribution in [-0.4, -0.2) is 125 Å². The van der Waals surface area contributed by atoms with Gasteiger partial charge in [0, 0.05) is 75.6 Å². The van der Waals surface area contributed by atoms with Gasteiger partial charge in [0.15, 0.2) is 5.82 Å². The first-order valence-corrected chi connectivity index (χ1v) is 27.1. The summed E-state index contributed by atoms with van der Waals surface area (Å²) in [4.78, 5) is 74.0. The Labute approximate surface area is 418 Å². The van der Waals surface area contributed by atoms with E-state index in [-0.39, 0.29) is 56.0 Å². The Kier molecular flexibility index (Phi) is 16.5. The van der Waals surface area contributed by atoms with Crippen molar-refractivity contribution >= 4 is 87.8 Å². The molecule has 5 N–H and O–H groups in total. The number of methoxy groups -OCH3 is 1. The van der Waals surface area contributed by atoms with Crippen LogP contribution in [0, 0.1) is 12.3 Å². The smallest absolute Gasteiger partial charge is 0.246 e. The number of carbonyl (C=O) groups is 4. The average molecular weight is 1010 g/mol. The summed E-state index contributed by atoms with van der Waals surface area (Å²) >= 11 is 8.04. The van der Waals surface area contributed by atoms with E-state index in [0.29, 0.717) is 65.9 Å². The van der Waals surface area contributed by atoms with Gasteiger partial charge in [0.1, 0.15) is 30.0 Å². The normalized spacial score (nSPS) is 16.7. The summed E-state index contributed by atoms with van der Waals surface area (Å²) in [6, 6.07) is 19.1. The van der Waals surface area contributed by atoms with Crippen LogP contribution in [0.25, 0.3) is 10.4 Å². The Morgan fingerprint density at radius 3 is 2.36 bits per heavy atom. The fraction of sp³-hybridized carbons (Fsp3) is 0.420. The Morgan fingerprint density at radius 1 is 0.957 bits per heavy atom. The van der Waals surface area contributed by atoms with Crippen molar-refractivity contribution in [1.29, 1.82) is 0 Å². The molecular formula is C50H62ClN10O7PS. The Bertz CT molecular complexity index is 2740. The van der Waals surface area contributed by atoms with Crippen molar-refractivity contribution in [2.75, 3.05) is 68.7 Å². The van der Waals surface area contributed by atoms with Gasteiger partial charge in [0.05, 0.1) is 46.9 Å². The standard InChI is InChI=1S/C50H62ClN10O7PS/c1-31-44(70-30-54-31)33-17-15-32(16-18-33)27-52-47(65)39-26-35(62)29-61(39)48(66)45(50(2,3)4)57-42(63)13-10-14-43(64)60-23-21-59(22-24-60)34-19-20-37(40(25-34)68-5)56-49-53-28-36(51)46(58-49)55-38-11-8-9-12-41(38)69(6,7)67/h8-9,11-12,15-20,25,28,30,35,39,45,62H,10,13-14,21-24,26-27,29H2,1-7H3,(H,52,65)(H,57,63)(H2,53,55,56,58)/t35-,39+,45?/m1/s1. The lowest BCUT2D eigenvalue weighted by atomic mass is 9.85. The molecule has 4 amide bonds. The van der Waals surface area contributed by atoms with Crippen molar-refractivity contribution in [2.45, 2.75) is 78.1 Å². The SMILES string of the molecule is COc1cc(N2CCN(C(=O)CCCC(=O)NC(C(=O)N3C[C@H](O)C[C@H]3C(=O)NCc3ccc(-c4scnc4C)cc3)C(C)(C)C)CC2)ccc1Nc1ncc(Cl)c(Nc2ccccc2P(C)(C)=O)n1. The molecule has 0 bridgehead atoms. The van der Waals surface area contributed by atoms with Gasteiger partial charge in [-0.05, 0) is 67.5 Å². The van der Waals surface area contributed by atoms with Crippen LogP contribution in [0.3, 0.4) is 0 Å². The van der Waals surface area contributed by atoms with Crippen LogP contribution in [0.2, 0.25) is 5.02 Å². The highest BCUT2D eigenvalue weighted by Crippen LogP contribution is 2.39. The third-order valence-electron chi connectivity index (χ3n) is 12.4. The first kappa shape index (κ1) is 51.8. The predicted octanol–water partition coefficient (Wildman–Crippen LogP) is 6.93. The molecule has 17 nitrogen and oxygen atoms in total. The zero-order valence-electron chi connectivity index (χ0n) is 40.6. The number of aromatic nitrogens is 3. The number of nitrogens with one attached hydrogen (secondary N) is 4. The summed E-state index contributed by atoms with van der Waals surface area (Å²) in [5.74, 6) is -0.0743. The molecule has 0 spiro atoms. The number of β-amino-alcohol motifs (C(OH)–C–C–N with tert-alkyl or cyclic N) is 1. The van der Waals surface area contributed by atoms with E-state index in [4.69, 9.17) is 16.3 Å². The summed E-state index contributed by atoms with van der Waals surface area (Å²) in [7, 11) is -1.01. The number of aryl methyl sites for hydroxylation is 1. The van der Waals surface area contributed by atoms with Gasteiger partial charge < -0.3 is 50.4 Å². The van der Waals surface area contributed by atoms with Gasteiger partial charge in [-0.15, -0.1) is 11.3 Å². The van der Waals surface area contributed by atoms with Crippen molar-refractivity contribution in [3.05, 3.63) is 94.7 Å². The molecule has 20 heteroatoms. The summed E-state index contributed by atoms with van der Waals surface area (Å²) in [5, 5.41) is 23.9. The number of amides is 4. The number of carbonyl (C=O) groups excluding carboxylic acids is 4. The van der Waals surface area contributed by atoms with Crippen LogP contribution in [-0.2, 0) is 30.3 Å². The number of para-hydroxylation sites is 1. The zero-order valence-corrected chi connectivity index (χ0v) is 43.1. The molecule has 0 radical (unpaired) electrons. The van der Waals surface area contributed by atoms with E-state index in [9.17, 15) is 28.8 Å². The lowest BCUT2D eigenvalue weighted by Gasteiger charge is -2.36. The monoisotopic (exact) mass is 1010 g/mol. The van der Waals surface area contributed by atoms with Crippen LogP contribution in [0.4, 0.5) is 28.8 Å². The summed E-state index contributed by atoms with van der Waals surface area (Å²) < 4.78 is 18.7. The molecule has 3 atom stereocenters. The summed E-state index contributed by atoms with van der Waals surface area (Å²) in [6.07, 6.45) is 1.18. The first-order valence-electron chi connectivity index (χ1n) is 23.3. The Morgan fingerprint density at radius 2 is 1.69 bits per heavy atom. The number of anilines is 5. The molecule has 2 aromatic heterocycles. The number of rotatable bonds is 17. The first-order chi connectivity index (χ1) is 33.3. The molecule has 0 saturated carbocycles. The van der Waals surface area contributed by atoms with Gasteiger partial charge in [-0.3, -0.25) is 19.2 Å². The molecular weight excluding hydrogens is 951 g/mol. The minimum absolute atomic E-state index is 0.0267. The lowest BCUT2D eigenvalue weighted by molar-refractivity contribution is -0.144. The highest BCUT2D eigenvalue weighted by atomic mass is 35.5. The minimum Gasteiger partial charge on any atom is -0.494 e. The number of ether oxygens (including phenoxy) is 1. The second kappa shape index (κ2) is 22.3. The second-order valence-electron chi connectivity index (χ2n) is 19.1.